The Balaban J connectivity index is 3.02. The number of rotatable bonds is 7. The SMILES string of the molecule is CCNC(=O)Oc1cc(OC(=O)NCC)cc(C(O)CNC(C)(C)C)c1. The fourth-order valence-electron chi connectivity index (χ4n) is 2.00. The maximum atomic E-state index is 11.7. The first-order valence-electron chi connectivity index (χ1n) is 8.64. The van der Waals surface area contributed by atoms with Crippen molar-refractivity contribution in [3.8, 4) is 11.5 Å². The zero-order valence-corrected chi connectivity index (χ0v) is 16.0. The van der Waals surface area contributed by atoms with Gasteiger partial charge in [0.15, 0.2) is 0 Å². The van der Waals surface area contributed by atoms with Gasteiger partial charge in [0.1, 0.15) is 11.5 Å². The molecule has 26 heavy (non-hydrogen) atoms. The Kier molecular flexibility index (Phi) is 8.34. The van der Waals surface area contributed by atoms with Crippen molar-refractivity contribution >= 4 is 12.2 Å². The summed E-state index contributed by atoms with van der Waals surface area (Å²) in [6.45, 7) is 10.6. The summed E-state index contributed by atoms with van der Waals surface area (Å²) >= 11 is 0. The summed E-state index contributed by atoms with van der Waals surface area (Å²) in [5.41, 5.74) is 0.291. The Morgan fingerprint density at radius 3 is 1.85 bits per heavy atom. The fraction of sp³-hybridized carbons (Fsp3) is 0.556. The molecule has 1 rings (SSSR count). The van der Waals surface area contributed by atoms with E-state index in [0.717, 1.165) is 0 Å². The van der Waals surface area contributed by atoms with Crippen LogP contribution in [0.1, 0.15) is 46.3 Å². The number of hydrogen-bond acceptors (Lipinski definition) is 6. The van der Waals surface area contributed by atoms with E-state index < -0.39 is 18.3 Å². The number of aliphatic hydroxyl groups is 1. The van der Waals surface area contributed by atoms with E-state index in [2.05, 4.69) is 16.0 Å². The van der Waals surface area contributed by atoms with Crippen LogP contribution in [0.25, 0.3) is 0 Å². The third-order valence-electron chi connectivity index (χ3n) is 3.18. The van der Waals surface area contributed by atoms with Crippen LogP contribution in [-0.2, 0) is 0 Å². The number of ether oxygens (including phenoxy) is 2. The summed E-state index contributed by atoms with van der Waals surface area (Å²) in [4.78, 5) is 23.3. The summed E-state index contributed by atoms with van der Waals surface area (Å²) in [6, 6.07) is 4.49. The van der Waals surface area contributed by atoms with E-state index >= 15 is 0 Å². The standard InChI is InChI=1S/C18H29N3O5/c1-6-19-16(23)25-13-8-12(15(22)11-21-18(3,4)5)9-14(10-13)26-17(24)20-7-2/h8-10,15,21-22H,6-7,11H2,1-5H3,(H,19,23)(H,20,24). The average Bonchev–Trinajstić information content (AvgIpc) is 2.52. The molecule has 0 heterocycles. The molecule has 0 aliphatic carbocycles. The minimum Gasteiger partial charge on any atom is -0.410 e. The van der Waals surface area contributed by atoms with E-state index in [1.54, 1.807) is 13.8 Å². The molecule has 0 fully saturated rings. The molecule has 0 bridgehead atoms. The van der Waals surface area contributed by atoms with Gasteiger partial charge in [-0.05, 0) is 52.3 Å². The summed E-state index contributed by atoms with van der Waals surface area (Å²) in [5.74, 6) is 0.338. The van der Waals surface area contributed by atoms with Gasteiger partial charge in [-0.3, -0.25) is 0 Å². The molecule has 0 aliphatic rings. The lowest BCUT2D eigenvalue weighted by molar-refractivity contribution is 0.162. The maximum absolute atomic E-state index is 11.7. The molecule has 0 radical (unpaired) electrons. The molecule has 0 spiro atoms. The first-order chi connectivity index (χ1) is 12.1. The molecule has 1 aromatic carbocycles. The van der Waals surface area contributed by atoms with Crippen molar-refractivity contribution in [2.24, 2.45) is 0 Å². The van der Waals surface area contributed by atoms with Crippen LogP contribution in [0.3, 0.4) is 0 Å². The van der Waals surface area contributed by atoms with Crippen LogP contribution in [0.2, 0.25) is 0 Å². The molecule has 0 aliphatic heterocycles. The lowest BCUT2D eigenvalue weighted by Gasteiger charge is -2.23. The summed E-state index contributed by atoms with van der Waals surface area (Å²) in [7, 11) is 0. The summed E-state index contributed by atoms with van der Waals surface area (Å²) < 4.78 is 10.4. The average molecular weight is 367 g/mol. The maximum Gasteiger partial charge on any atom is 0.412 e. The van der Waals surface area contributed by atoms with Crippen molar-refractivity contribution in [3.05, 3.63) is 23.8 Å². The van der Waals surface area contributed by atoms with Crippen molar-refractivity contribution in [2.75, 3.05) is 19.6 Å². The third kappa shape index (κ3) is 8.17. The minimum atomic E-state index is -0.872. The molecule has 4 N–H and O–H groups in total. The quantitative estimate of drug-likeness (QED) is 0.589. The van der Waals surface area contributed by atoms with Crippen molar-refractivity contribution in [1.29, 1.82) is 0 Å². The predicted molar refractivity (Wildman–Crippen MR) is 98.6 cm³/mol. The topological polar surface area (TPSA) is 109 Å². The van der Waals surface area contributed by atoms with Crippen LogP contribution in [0.5, 0.6) is 11.5 Å². The normalized spacial score (nSPS) is 12.2. The highest BCUT2D eigenvalue weighted by Gasteiger charge is 2.17. The van der Waals surface area contributed by atoms with Gasteiger partial charge in [0.05, 0.1) is 6.10 Å². The molecule has 0 saturated heterocycles. The molecule has 1 aromatic rings. The van der Waals surface area contributed by atoms with Crippen LogP contribution in [-0.4, -0.2) is 42.5 Å². The summed E-state index contributed by atoms with van der Waals surface area (Å²) in [6.07, 6.45) is -2.13. The number of amides is 2. The van der Waals surface area contributed by atoms with Crippen molar-refractivity contribution in [1.82, 2.24) is 16.0 Å². The monoisotopic (exact) mass is 367 g/mol. The van der Waals surface area contributed by atoms with Crippen LogP contribution >= 0.6 is 0 Å². The van der Waals surface area contributed by atoms with E-state index in [0.29, 0.717) is 18.7 Å². The lowest BCUT2D eigenvalue weighted by atomic mass is 10.1. The number of carbonyl (C=O) groups excluding carboxylic acids is 2. The number of nitrogens with one attached hydrogen (secondary N) is 3. The highest BCUT2D eigenvalue weighted by Crippen LogP contribution is 2.27. The first kappa shape index (κ1) is 21.7. The van der Waals surface area contributed by atoms with Crippen LogP contribution in [0.15, 0.2) is 18.2 Å². The Labute approximate surface area is 154 Å². The van der Waals surface area contributed by atoms with Gasteiger partial charge in [0.2, 0.25) is 0 Å². The molecule has 146 valence electrons. The molecule has 1 atom stereocenters. The van der Waals surface area contributed by atoms with Crippen LogP contribution in [0, 0.1) is 0 Å². The fourth-order valence-corrected chi connectivity index (χ4v) is 2.00. The Morgan fingerprint density at radius 2 is 1.46 bits per heavy atom. The smallest absolute Gasteiger partial charge is 0.410 e. The molecule has 2 amide bonds. The van der Waals surface area contributed by atoms with Gasteiger partial charge >= 0.3 is 12.2 Å². The molecule has 8 nitrogen and oxygen atoms in total. The highest BCUT2D eigenvalue weighted by molar-refractivity contribution is 5.72. The van der Waals surface area contributed by atoms with Gasteiger partial charge in [-0.15, -0.1) is 0 Å². The summed E-state index contributed by atoms with van der Waals surface area (Å²) in [5, 5.41) is 18.6. The largest absolute Gasteiger partial charge is 0.412 e. The van der Waals surface area contributed by atoms with Gasteiger partial charge in [0.25, 0.3) is 0 Å². The van der Waals surface area contributed by atoms with Gasteiger partial charge in [-0.1, -0.05) is 0 Å². The van der Waals surface area contributed by atoms with Crippen LogP contribution < -0.4 is 25.4 Å². The highest BCUT2D eigenvalue weighted by atomic mass is 16.6. The number of β-amino-alcohol motifs (C(OH)–C–C–N with tert-alkyl or cyclic N) is 1. The Bertz CT molecular complexity index is 575. The van der Waals surface area contributed by atoms with Crippen molar-refractivity contribution in [2.45, 2.75) is 46.3 Å². The Hall–Kier alpha value is -2.32. The van der Waals surface area contributed by atoms with Gasteiger partial charge in [-0.2, -0.15) is 0 Å². The van der Waals surface area contributed by atoms with E-state index in [1.165, 1.54) is 18.2 Å². The Morgan fingerprint density at radius 1 is 1.00 bits per heavy atom. The number of carbonyl (C=O) groups is 2. The van der Waals surface area contributed by atoms with Gasteiger partial charge in [0, 0.05) is 31.2 Å². The molecular formula is C18H29N3O5. The third-order valence-corrected chi connectivity index (χ3v) is 3.18. The van der Waals surface area contributed by atoms with Crippen molar-refractivity contribution < 1.29 is 24.2 Å². The molecule has 0 saturated carbocycles. The number of aliphatic hydroxyl groups excluding tert-OH is 1. The second kappa shape index (κ2) is 9.98. The second-order valence-electron chi connectivity index (χ2n) is 6.72. The number of hydrogen-bond donors (Lipinski definition) is 4. The molecule has 8 heteroatoms. The van der Waals surface area contributed by atoms with E-state index in [1.807, 2.05) is 20.8 Å². The van der Waals surface area contributed by atoms with E-state index in [4.69, 9.17) is 9.47 Å². The van der Waals surface area contributed by atoms with Gasteiger partial charge < -0.3 is 30.5 Å². The second-order valence-corrected chi connectivity index (χ2v) is 6.72. The van der Waals surface area contributed by atoms with E-state index in [-0.39, 0.29) is 23.6 Å². The zero-order chi connectivity index (χ0) is 19.7. The number of benzene rings is 1. The molecule has 0 aromatic heterocycles. The van der Waals surface area contributed by atoms with Crippen molar-refractivity contribution in [3.63, 3.8) is 0 Å². The predicted octanol–water partition coefficient (Wildman–Crippen LogP) is 2.32. The van der Waals surface area contributed by atoms with E-state index in [9.17, 15) is 14.7 Å². The lowest BCUT2D eigenvalue weighted by Crippen LogP contribution is -2.38. The minimum absolute atomic E-state index is 0.169. The molecule has 1 unspecified atom stereocenters. The first-order valence-corrected chi connectivity index (χ1v) is 8.64. The molecular weight excluding hydrogens is 338 g/mol. The van der Waals surface area contributed by atoms with Gasteiger partial charge in [-0.25, -0.2) is 9.59 Å². The zero-order valence-electron chi connectivity index (χ0n) is 16.0. The van der Waals surface area contributed by atoms with Crippen LogP contribution in [0.4, 0.5) is 9.59 Å².